The molecule has 0 saturated carbocycles. The number of halogens is 1. The zero-order valence-corrected chi connectivity index (χ0v) is 12.9. The second-order valence-electron chi connectivity index (χ2n) is 4.57. The summed E-state index contributed by atoms with van der Waals surface area (Å²) in [5.74, 6) is -1.25. The van der Waals surface area contributed by atoms with Gasteiger partial charge in [-0.1, -0.05) is 36.4 Å². The predicted octanol–water partition coefficient (Wildman–Crippen LogP) is 3.22. The third-order valence-corrected chi connectivity index (χ3v) is 3.34. The van der Waals surface area contributed by atoms with Gasteiger partial charge in [0.25, 0.3) is 0 Å². The van der Waals surface area contributed by atoms with Crippen molar-refractivity contribution in [2.45, 2.75) is 13.0 Å². The average molecular weight is 320 g/mol. The molecule has 2 rings (SSSR count). The number of nitrogens with zero attached hydrogens (tertiary/aromatic N) is 1. The van der Waals surface area contributed by atoms with Crippen molar-refractivity contribution in [3.63, 3.8) is 0 Å². The van der Waals surface area contributed by atoms with Crippen molar-refractivity contribution >= 4 is 34.4 Å². The van der Waals surface area contributed by atoms with Gasteiger partial charge >= 0.3 is 11.9 Å². The number of hydrogen-bond donors (Lipinski definition) is 0. The molecular weight excluding hydrogens is 306 g/mol. The Labute approximate surface area is 132 Å². The van der Waals surface area contributed by atoms with Crippen molar-refractivity contribution in [1.82, 2.24) is 4.98 Å². The van der Waals surface area contributed by atoms with Crippen molar-refractivity contribution in [3.8, 4) is 0 Å². The van der Waals surface area contributed by atoms with E-state index < -0.39 is 18.0 Å². The van der Waals surface area contributed by atoms with Crippen LogP contribution >= 0.6 is 11.6 Å². The maximum Gasteiger partial charge on any atom is 0.337 e. The van der Waals surface area contributed by atoms with E-state index in [1.165, 1.54) is 14.0 Å². The molecule has 0 amide bonds. The standard InChI is InChI=1S/C16H14ClNO4/c1-9(16(20)21-3)14(22-10(2)19)12-8-11-6-4-5-7-13(11)18-15(12)17/h4-8,14H,1H2,2-3H3. The minimum atomic E-state index is -1.05. The van der Waals surface area contributed by atoms with Gasteiger partial charge in [0, 0.05) is 17.9 Å². The van der Waals surface area contributed by atoms with E-state index >= 15 is 0 Å². The van der Waals surface area contributed by atoms with Gasteiger partial charge in [-0.15, -0.1) is 0 Å². The molecular formula is C16H14ClNO4. The van der Waals surface area contributed by atoms with Gasteiger partial charge in [0.1, 0.15) is 5.15 Å². The lowest BCUT2D eigenvalue weighted by molar-refractivity contribution is -0.147. The minimum absolute atomic E-state index is 0.0309. The van der Waals surface area contributed by atoms with Gasteiger partial charge in [0.15, 0.2) is 6.10 Å². The van der Waals surface area contributed by atoms with E-state index in [1.807, 2.05) is 18.2 Å². The third-order valence-electron chi connectivity index (χ3n) is 3.03. The van der Waals surface area contributed by atoms with Crippen LogP contribution in [0, 0.1) is 0 Å². The summed E-state index contributed by atoms with van der Waals surface area (Å²) in [6.07, 6.45) is -1.05. The highest BCUT2D eigenvalue weighted by molar-refractivity contribution is 6.30. The van der Waals surface area contributed by atoms with Gasteiger partial charge in [0.2, 0.25) is 0 Å². The Morgan fingerprint density at radius 2 is 2.00 bits per heavy atom. The topological polar surface area (TPSA) is 65.5 Å². The van der Waals surface area contributed by atoms with E-state index in [1.54, 1.807) is 12.1 Å². The lowest BCUT2D eigenvalue weighted by Crippen LogP contribution is -2.18. The number of ether oxygens (including phenoxy) is 2. The molecule has 1 atom stereocenters. The first-order chi connectivity index (χ1) is 10.4. The molecule has 1 unspecified atom stereocenters. The molecule has 1 heterocycles. The summed E-state index contributed by atoms with van der Waals surface area (Å²) in [6.45, 7) is 4.87. The van der Waals surface area contributed by atoms with Crippen LogP contribution in [-0.2, 0) is 19.1 Å². The molecule has 5 nitrogen and oxygen atoms in total. The van der Waals surface area contributed by atoms with Crippen LogP contribution in [0.3, 0.4) is 0 Å². The molecule has 2 aromatic rings. The van der Waals surface area contributed by atoms with Gasteiger partial charge in [-0.25, -0.2) is 9.78 Å². The van der Waals surface area contributed by atoms with E-state index in [-0.39, 0.29) is 10.7 Å². The van der Waals surface area contributed by atoms with Gasteiger partial charge in [-0.05, 0) is 12.1 Å². The molecule has 0 aliphatic heterocycles. The Hall–Kier alpha value is -2.40. The lowest BCUT2D eigenvalue weighted by atomic mass is 10.0. The number of methoxy groups -OCH3 is 1. The van der Waals surface area contributed by atoms with Crippen LogP contribution in [0.1, 0.15) is 18.6 Å². The average Bonchev–Trinajstić information content (AvgIpc) is 2.50. The first-order valence-electron chi connectivity index (χ1n) is 6.43. The molecule has 0 aliphatic carbocycles. The highest BCUT2D eigenvalue weighted by atomic mass is 35.5. The van der Waals surface area contributed by atoms with Crippen LogP contribution in [-0.4, -0.2) is 24.0 Å². The van der Waals surface area contributed by atoms with Crippen molar-refractivity contribution in [2.75, 3.05) is 7.11 Å². The smallest absolute Gasteiger partial charge is 0.337 e. The molecule has 114 valence electrons. The molecule has 6 heteroatoms. The lowest BCUT2D eigenvalue weighted by Gasteiger charge is -2.19. The van der Waals surface area contributed by atoms with E-state index in [4.69, 9.17) is 16.3 Å². The van der Waals surface area contributed by atoms with E-state index in [2.05, 4.69) is 16.3 Å². The first kappa shape index (κ1) is 16.0. The van der Waals surface area contributed by atoms with Gasteiger partial charge in [-0.3, -0.25) is 4.79 Å². The van der Waals surface area contributed by atoms with Crippen molar-refractivity contribution in [2.24, 2.45) is 0 Å². The molecule has 22 heavy (non-hydrogen) atoms. The van der Waals surface area contributed by atoms with E-state index in [0.717, 1.165) is 5.39 Å². The molecule has 1 aromatic carbocycles. The summed E-state index contributed by atoms with van der Waals surface area (Å²) in [7, 11) is 1.22. The molecule has 0 fully saturated rings. The summed E-state index contributed by atoms with van der Waals surface area (Å²) < 4.78 is 9.82. The summed E-state index contributed by atoms with van der Waals surface area (Å²) in [5.41, 5.74) is 1.05. The van der Waals surface area contributed by atoms with Gasteiger partial charge in [-0.2, -0.15) is 0 Å². The van der Waals surface area contributed by atoms with E-state index in [9.17, 15) is 9.59 Å². The van der Waals surface area contributed by atoms with Crippen LogP contribution < -0.4 is 0 Å². The Bertz CT molecular complexity index is 757. The van der Waals surface area contributed by atoms with Crippen LogP contribution in [0.5, 0.6) is 0 Å². The third kappa shape index (κ3) is 3.26. The summed E-state index contributed by atoms with van der Waals surface area (Å²) in [5, 5.41) is 0.937. The Morgan fingerprint density at radius 3 is 2.64 bits per heavy atom. The Morgan fingerprint density at radius 1 is 1.32 bits per heavy atom. The molecule has 0 N–H and O–H groups in total. The fraction of sp³-hybridized carbons (Fsp3) is 0.188. The maximum absolute atomic E-state index is 11.7. The monoisotopic (exact) mass is 319 g/mol. The maximum atomic E-state index is 11.7. The fourth-order valence-electron chi connectivity index (χ4n) is 2.02. The SMILES string of the molecule is C=C(C(=O)OC)C(OC(C)=O)c1cc2ccccc2nc1Cl. The number of aromatic nitrogens is 1. The fourth-order valence-corrected chi connectivity index (χ4v) is 2.26. The second kappa shape index (κ2) is 6.58. The van der Waals surface area contributed by atoms with Crippen molar-refractivity contribution < 1.29 is 19.1 Å². The number of esters is 2. The molecule has 0 spiro atoms. The Kier molecular flexibility index (Phi) is 4.78. The molecule has 0 saturated heterocycles. The molecule has 0 aliphatic rings. The number of carbonyl (C=O) groups excluding carboxylic acids is 2. The number of fused-ring (bicyclic) bond motifs is 1. The minimum Gasteiger partial charge on any atom is -0.466 e. The molecule has 1 aromatic heterocycles. The second-order valence-corrected chi connectivity index (χ2v) is 4.93. The van der Waals surface area contributed by atoms with Crippen molar-refractivity contribution in [3.05, 3.63) is 53.2 Å². The molecule has 0 bridgehead atoms. The van der Waals surface area contributed by atoms with Gasteiger partial charge in [0.05, 0.1) is 18.2 Å². The van der Waals surface area contributed by atoms with Crippen LogP contribution in [0.25, 0.3) is 10.9 Å². The normalized spacial score (nSPS) is 11.8. The number of benzene rings is 1. The highest BCUT2D eigenvalue weighted by Crippen LogP contribution is 2.32. The molecule has 0 radical (unpaired) electrons. The van der Waals surface area contributed by atoms with E-state index in [0.29, 0.717) is 11.1 Å². The number of hydrogen-bond acceptors (Lipinski definition) is 5. The Balaban J connectivity index is 2.55. The number of pyridine rings is 1. The summed E-state index contributed by atoms with van der Waals surface area (Å²) in [6, 6.07) is 9.04. The number of para-hydroxylation sites is 1. The number of carbonyl (C=O) groups is 2. The largest absolute Gasteiger partial charge is 0.466 e. The van der Waals surface area contributed by atoms with Gasteiger partial charge < -0.3 is 9.47 Å². The zero-order chi connectivity index (χ0) is 16.3. The quantitative estimate of drug-likeness (QED) is 0.492. The number of rotatable bonds is 4. The highest BCUT2D eigenvalue weighted by Gasteiger charge is 2.27. The van der Waals surface area contributed by atoms with Crippen LogP contribution in [0.4, 0.5) is 0 Å². The summed E-state index contributed by atoms with van der Waals surface area (Å²) >= 11 is 6.18. The summed E-state index contributed by atoms with van der Waals surface area (Å²) in [4.78, 5) is 27.3. The predicted molar refractivity (Wildman–Crippen MR) is 82.4 cm³/mol. The van der Waals surface area contributed by atoms with Crippen molar-refractivity contribution in [1.29, 1.82) is 0 Å². The van der Waals surface area contributed by atoms with Crippen LogP contribution in [0.15, 0.2) is 42.5 Å². The zero-order valence-electron chi connectivity index (χ0n) is 12.1. The van der Waals surface area contributed by atoms with Crippen LogP contribution in [0.2, 0.25) is 5.15 Å². The first-order valence-corrected chi connectivity index (χ1v) is 6.81.